The second kappa shape index (κ2) is 6.08. The van der Waals surface area contributed by atoms with Gasteiger partial charge in [0.2, 0.25) is 0 Å². The molecule has 0 saturated heterocycles. The average molecular weight is 267 g/mol. The van der Waals surface area contributed by atoms with Crippen LogP contribution in [0.3, 0.4) is 0 Å². The Morgan fingerprint density at radius 2 is 1.95 bits per heavy atom. The van der Waals surface area contributed by atoms with E-state index in [4.69, 9.17) is 14.6 Å². The van der Waals surface area contributed by atoms with Gasteiger partial charge >= 0.3 is 5.97 Å². The molecule has 6 heteroatoms. The average Bonchev–Trinajstić information content (AvgIpc) is 2.37. The molecule has 0 bridgehead atoms. The molecule has 0 aliphatic carbocycles. The number of carbonyl (C=O) groups is 2. The lowest BCUT2D eigenvalue weighted by molar-refractivity contribution is -0.135. The van der Waals surface area contributed by atoms with Gasteiger partial charge in [0, 0.05) is 14.1 Å². The first-order valence-corrected chi connectivity index (χ1v) is 5.66. The van der Waals surface area contributed by atoms with Gasteiger partial charge in [-0.3, -0.25) is 4.79 Å². The van der Waals surface area contributed by atoms with Crippen LogP contribution in [0.4, 0.5) is 0 Å². The molecular formula is C13H17NO5. The van der Waals surface area contributed by atoms with Crippen LogP contribution in [0.2, 0.25) is 0 Å². The van der Waals surface area contributed by atoms with E-state index in [1.807, 2.05) is 0 Å². The van der Waals surface area contributed by atoms with Crippen LogP contribution >= 0.6 is 0 Å². The molecule has 0 aliphatic heterocycles. The van der Waals surface area contributed by atoms with Crippen molar-refractivity contribution in [1.29, 1.82) is 0 Å². The van der Waals surface area contributed by atoms with Crippen molar-refractivity contribution in [3.05, 3.63) is 23.8 Å². The van der Waals surface area contributed by atoms with Gasteiger partial charge in [-0.25, -0.2) is 4.79 Å². The zero-order valence-corrected chi connectivity index (χ0v) is 11.3. The fraction of sp³-hybridized carbons (Fsp3) is 0.385. The molecule has 1 amide bonds. The van der Waals surface area contributed by atoms with Gasteiger partial charge in [0.05, 0.1) is 7.11 Å². The van der Waals surface area contributed by atoms with Crippen LogP contribution in [0.25, 0.3) is 0 Å². The third-order valence-electron chi connectivity index (χ3n) is 2.51. The van der Waals surface area contributed by atoms with Crippen LogP contribution < -0.4 is 9.47 Å². The van der Waals surface area contributed by atoms with Crippen LogP contribution in [0.1, 0.15) is 17.3 Å². The first-order valence-electron chi connectivity index (χ1n) is 5.66. The Labute approximate surface area is 111 Å². The number of amides is 1. The van der Waals surface area contributed by atoms with Gasteiger partial charge in [-0.2, -0.15) is 0 Å². The number of methoxy groups -OCH3 is 1. The molecule has 0 saturated carbocycles. The Kier molecular flexibility index (Phi) is 4.74. The van der Waals surface area contributed by atoms with Crippen molar-refractivity contribution in [3.8, 4) is 11.5 Å². The Morgan fingerprint density at radius 1 is 1.32 bits per heavy atom. The molecule has 0 aliphatic rings. The summed E-state index contributed by atoms with van der Waals surface area (Å²) in [5.74, 6) is -0.835. The van der Waals surface area contributed by atoms with E-state index in [9.17, 15) is 9.59 Å². The predicted molar refractivity (Wildman–Crippen MR) is 68.7 cm³/mol. The number of carboxylic acids is 1. The van der Waals surface area contributed by atoms with E-state index in [0.29, 0.717) is 5.75 Å². The number of rotatable bonds is 5. The summed E-state index contributed by atoms with van der Waals surface area (Å²) in [6, 6.07) is 4.40. The van der Waals surface area contributed by atoms with Crippen molar-refractivity contribution in [2.24, 2.45) is 0 Å². The monoisotopic (exact) mass is 267 g/mol. The number of hydrogen-bond donors (Lipinski definition) is 1. The molecule has 1 N–H and O–H groups in total. The zero-order valence-electron chi connectivity index (χ0n) is 11.3. The highest BCUT2D eigenvalue weighted by atomic mass is 16.5. The number of nitrogens with zero attached hydrogens (tertiary/aromatic N) is 1. The molecule has 0 heterocycles. The van der Waals surface area contributed by atoms with Crippen molar-refractivity contribution in [2.45, 2.75) is 13.0 Å². The SMILES string of the molecule is COc1ccc(OC(C)C(=O)N(C)C)c(C(=O)O)c1. The molecule has 0 radical (unpaired) electrons. The Morgan fingerprint density at radius 3 is 2.42 bits per heavy atom. The van der Waals surface area contributed by atoms with Crippen molar-refractivity contribution >= 4 is 11.9 Å². The normalized spacial score (nSPS) is 11.6. The summed E-state index contributed by atoms with van der Waals surface area (Å²) in [5.41, 5.74) is -0.0437. The summed E-state index contributed by atoms with van der Waals surface area (Å²) in [5, 5.41) is 9.12. The number of likely N-dealkylation sites (N-methyl/N-ethyl adjacent to an activating group) is 1. The van der Waals surface area contributed by atoms with E-state index in [1.165, 1.54) is 24.1 Å². The Bertz CT molecular complexity index is 484. The number of carbonyl (C=O) groups excluding carboxylic acids is 1. The highest BCUT2D eigenvalue weighted by Crippen LogP contribution is 2.25. The summed E-state index contributed by atoms with van der Waals surface area (Å²) in [7, 11) is 4.66. The second-order valence-electron chi connectivity index (χ2n) is 4.16. The maximum atomic E-state index is 11.7. The van der Waals surface area contributed by atoms with Gasteiger partial charge in [-0.15, -0.1) is 0 Å². The van der Waals surface area contributed by atoms with Gasteiger partial charge in [-0.05, 0) is 25.1 Å². The second-order valence-corrected chi connectivity index (χ2v) is 4.16. The third-order valence-corrected chi connectivity index (χ3v) is 2.51. The van der Waals surface area contributed by atoms with Crippen LogP contribution in [-0.4, -0.2) is 49.2 Å². The van der Waals surface area contributed by atoms with Crippen molar-refractivity contribution in [2.75, 3.05) is 21.2 Å². The number of ether oxygens (including phenoxy) is 2. The number of carboxylic acid groups (broad SMARTS) is 1. The van der Waals surface area contributed by atoms with E-state index in [0.717, 1.165) is 0 Å². The molecule has 0 aromatic heterocycles. The van der Waals surface area contributed by atoms with Crippen LogP contribution in [-0.2, 0) is 4.79 Å². The smallest absolute Gasteiger partial charge is 0.339 e. The van der Waals surface area contributed by atoms with E-state index in [2.05, 4.69) is 0 Å². The summed E-state index contributed by atoms with van der Waals surface area (Å²) < 4.78 is 10.4. The molecule has 0 spiro atoms. The van der Waals surface area contributed by atoms with E-state index in [1.54, 1.807) is 27.1 Å². The van der Waals surface area contributed by atoms with Gasteiger partial charge in [0.25, 0.3) is 5.91 Å². The van der Waals surface area contributed by atoms with Crippen LogP contribution in [0, 0.1) is 0 Å². The third kappa shape index (κ3) is 3.61. The molecule has 1 atom stereocenters. The van der Waals surface area contributed by atoms with Crippen LogP contribution in [0.5, 0.6) is 11.5 Å². The largest absolute Gasteiger partial charge is 0.497 e. The molecule has 1 unspecified atom stereocenters. The molecular weight excluding hydrogens is 250 g/mol. The quantitative estimate of drug-likeness (QED) is 0.868. The van der Waals surface area contributed by atoms with Gasteiger partial charge in [-0.1, -0.05) is 0 Å². The van der Waals surface area contributed by atoms with Gasteiger partial charge in [0.1, 0.15) is 17.1 Å². The maximum Gasteiger partial charge on any atom is 0.339 e. The fourth-order valence-corrected chi connectivity index (χ4v) is 1.51. The molecule has 19 heavy (non-hydrogen) atoms. The van der Waals surface area contributed by atoms with Crippen molar-refractivity contribution < 1.29 is 24.2 Å². The minimum absolute atomic E-state index is 0.0437. The molecule has 104 valence electrons. The predicted octanol–water partition coefficient (Wildman–Crippen LogP) is 1.25. The molecule has 1 aromatic carbocycles. The lowest BCUT2D eigenvalue weighted by atomic mass is 10.2. The lowest BCUT2D eigenvalue weighted by Crippen LogP contribution is -2.35. The highest BCUT2D eigenvalue weighted by molar-refractivity contribution is 5.91. The van der Waals surface area contributed by atoms with Gasteiger partial charge in [0.15, 0.2) is 6.10 Å². The molecule has 1 rings (SSSR count). The summed E-state index contributed by atoms with van der Waals surface area (Å²) in [4.78, 5) is 24.2. The summed E-state index contributed by atoms with van der Waals surface area (Å²) in [6.07, 6.45) is -0.763. The van der Waals surface area contributed by atoms with Gasteiger partial charge < -0.3 is 19.5 Å². The molecule has 1 aromatic rings. The van der Waals surface area contributed by atoms with Crippen molar-refractivity contribution in [1.82, 2.24) is 4.90 Å². The highest BCUT2D eigenvalue weighted by Gasteiger charge is 2.20. The number of aromatic carboxylic acids is 1. The minimum atomic E-state index is -1.14. The summed E-state index contributed by atoms with van der Waals surface area (Å²) >= 11 is 0. The number of hydrogen-bond acceptors (Lipinski definition) is 4. The van der Waals surface area contributed by atoms with Crippen LogP contribution in [0.15, 0.2) is 18.2 Å². The standard InChI is InChI=1S/C13H17NO5/c1-8(12(15)14(2)3)19-11-6-5-9(18-4)7-10(11)13(16)17/h5-8H,1-4H3,(H,16,17). The minimum Gasteiger partial charge on any atom is -0.497 e. The van der Waals surface area contributed by atoms with Crippen molar-refractivity contribution in [3.63, 3.8) is 0 Å². The zero-order chi connectivity index (χ0) is 14.6. The van der Waals surface area contributed by atoms with E-state index in [-0.39, 0.29) is 17.2 Å². The lowest BCUT2D eigenvalue weighted by Gasteiger charge is -2.19. The number of benzene rings is 1. The first kappa shape index (κ1) is 14.8. The van der Waals surface area contributed by atoms with E-state index < -0.39 is 12.1 Å². The topological polar surface area (TPSA) is 76.1 Å². The van der Waals surface area contributed by atoms with E-state index >= 15 is 0 Å². The fourth-order valence-electron chi connectivity index (χ4n) is 1.51. The summed E-state index contributed by atoms with van der Waals surface area (Å²) in [6.45, 7) is 1.57. The maximum absolute atomic E-state index is 11.7. The Hall–Kier alpha value is -2.24. The molecule has 0 fully saturated rings. The Balaban J connectivity index is 3.01. The molecule has 6 nitrogen and oxygen atoms in total. The first-order chi connectivity index (χ1) is 8.86.